The van der Waals surface area contributed by atoms with Crippen molar-refractivity contribution in [3.8, 4) is 6.07 Å². The molecule has 1 aromatic carbocycles. The van der Waals surface area contributed by atoms with Gasteiger partial charge in [0.05, 0.1) is 17.7 Å². The number of nitriles is 1. The van der Waals surface area contributed by atoms with E-state index in [-0.39, 0.29) is 11.9 Å². The Hall–Kier alpha value is -2.12. The largest absolute Gasteiger partial charge is 0.345 e. The first-order chi connectivity index (χ1) is 8.70. The number of nitrogens with one attached hydrogen (secondary N) is 1. The van der Waals surface area contributed by atoms with Crippen LogP contribution in [-0.2, 0) is 0 Å². The predicted octanol–water partition coefficient (Wildman–Crippen LogP) is 3.11. The highest BCUT2D eigenvalue weighted by molar-refractivity contribution is 7.10. The van der Waals surface area contributed by atoms with Crippen molar-refractivity contribution in [3.05, 3.63) is 57.8 Å². The molecule has 0 bridgehead atoms. The molecule has 0 fully saturated rings. The van der Waals surface area contributed by atoms with Crippen molar-refractivity contribution in [1.82, 2.24) is 5.32 Å². The molecule has 1 amide bonds. The summed E-state index contributed by atoms with van der Waals surface area (Å²) in [6.45, 7) is 1.95. The highest BCUT2D eigenvalue weighted by atomic mass is 32.1. The highest BCUT2D eigenvalue weighted by Gasteiger charge is 2.11. The molecule has 1 aromatic heterocycles. The Kier molecular flexibility index (Phi) is 3.75. The zero-order valence-electron chi connectivity index (χ0n) is 9.88. The van der Waals surface area contributed by atoms with Crippen molar-refractivity contribution >= 4 is 17.2 Å². The lowest BCUT2D eigenvalue weighted by Crippen LogP contribution is -2.26. The van der Waals surface area contributed by atoms with Gasteiger partial charge in [0.1, 0.15) is 0 Å². The average Bonchev–Trinajstić information content (AvgIpc) is 2.92. The molecule has 0 radical (unpaired) electrons. The third-order valence-corrected chi connectivity index (χ3v) is 3.65. The molecule has 0 saturated heterocycles. The number of hydrogen-bond acceptors (Lipinski definition) is 3. The summed E-state index contributed by atoms with van der Waals surface area (Å²) in [5.41, 5.74) is 1.12. The van der Waals surface area contributed by atoms with Crippen molar-refractivity contribution < 1.29 is 4.79 Å². The van der Waals surface area contributed by atoms with Gasteiger partial charge in [0.15, 0.2) is 0 Å². The minimum absolute atomic E-state index is 0.00635. The summed E-state index contributed by atoms with van der Waals surface area (Å²) in [4.78, 5) is 13.1. The van der Waals surface area contributed by atoms with Gasteiger partial charge in [-0.15, -0.1) is 11.3 Å². The van der Waals surface area contributed by atoms with Crippen LogP contribution in [0.1, 0.15) is 33.8 Å². The Labute approximate surface area is 110 Å². The van der Waals surface area contributed by atoms with Gasteiger partial charge in [-0.3, -0.25) is 4.79 Å². The maximum Gasteiger partial charge on any atom is 0.251 e. The lowest BCUT2D eigenvalue weighted by atomic mass is 10.1. The van der Waals surface area contributed by atoms with Crippen LogP contribution in [0.4, 0.5) is 0 Å². The minimum atomic E-state index is -0.125. The van der Waals surface area contributed by atoms with Gasteiger partial charge in [0, 0.05) is 10.4 Å². The van der Waals surface area contributed by atoms with E-state index < -0.39 is 0 Å². The Bertz CT molecular complexity index is 567. The fourth-order valence-electron chi connectivity index (χ4n) is 1.58. The minimum Gasteiger partial charge on any atom is -0.345 e. The van der Waals surface area contributed by atoms with Crippen LogP contribution in [0, 0.1) is 11.3 Å². The Morgan fingerprint density at radius 3 is 2.61 bits per heavy atom. The van der Waals surface area contributed by atoms with Crippen molar-refractivity contribution in [1.29, 1.82) is 5.26 Å². The number of hydrogen-bond donors (Lipinski definition) is 1. The van der Waals surface area contributed by atoms with E-state index in [0.717, 1.165) is 4.88 Å². The van der Waals surface area contributed by atoms with E-state index in [1.54, 1.807) is 35.6 Å². The summed E-state index contributed by atoms with van der Waals surface area (Å²) in [7, 11) is 0. The van der Waals surface area contributed by atoms with E-state index in [2.05, 4.69) is 5.32 Å². The molecule has 18 heavy (non-hydrogen) atoms. The Morgan fingerprint density at radius 1 is 1.33 bits per heavy atom. The first-order valence-electron chi connectivity index (χ1n) is 5.55. The summed E-state index contributed by atoms with van der Waals surface area (Å²) in [5.74, 6) is -0.125. The van der Waals surface area contributed by atoms with Gasteiger partial charge < -0.3 is 5.32 Å². The van der Waals surface area contributed by atoms with Crippen molar-refractivity contribution in [2.24, 2.45) is 0 Å². The molecule has 1 heterocycles. The molecular weight excluding hydrogens is 244 g/mol. The second-order valence-corrected chi connectivity index (χ2v) is 4.88. The van der Waals surface area contributed by atoms with Gasteiger partial charge >= 0.3 is 0 Å². The quantitative estimate of drug-likeness (QED) is 0.917. The smallest absolute Gasteiger partial charge is 0.251 e. The number of nitrogens with zero attached hydrogens (tertiary/aromatic N) is 1. The van der Waals surface area contributed by atoms with E-state index in [0.29, 0.717) is 11.1 Å². The van der Waals surface area contributed by atoms with Crippen molar-refractivity contribution in [2.45, 2.75) is 13.0 Å². The van der Waals surface area contributed by atoms with Crippen LogP contribution in [0.25, 0.3) is 0 Å². The van der Waals surface area contributed by atoms with Crippen LogP contribution in [0.3, 0.4) is 0 Å². The first-order valence-corrected chi connectivity index (χ1v) is 6.43. The SMILES string of the molecule is C[C@H](NC(=O)c1ccc(C#N)cc1)c1cccs1. The summed E-state index contributed by atoms with van der Waals surface area (Å²) < 4.78 is 0. The normalized spacial score (nSPS) is 11.6. The molecule has 0 aliphatic carbocycles. The fourth-order valence-corrected chi connectivity index (χ4v) is 2.32. The number of carbonyl (C=O) groups is 1. The number of benzene rings is 1. The third kappa shape index (κ3) is 2.76. The van der Waals surface area contributed by atoms with Gasteiger partial charge in [0.25, 0.3) is 5.91 Å². The van der Waals surface area contributed by atoms with Gasteiger partial charge in [-0.2, -0.15) is 5.26 Å². The topological polar surface area (TPSA) is 52.9 Å². The molecule has 0 unspecified atom stereocenters. The second-order valence-electron chi connectivity index (χ2n) is 3.90. The van der Waals surface area contributed by atoms with Gasteiger partial charge in [-0.1, -0.05) is 6.07 Å². The standard InChI is InChI=1S/C14H12N2OS/c1-10(13-3-2-8-18-13)16-14(17)12-6-4-11(9-15)5-7-12/h2-8,10H,1H3,(H,16,17)/t10-/m0/s1. The molecule has 0 spiro atoms. The Morgan fingerprint density at radius 2 is 2.06 bits per heavy atom. The maximum absolute atomic E-state index is 12.0. The predicted molar refractivity (Wildman–Crippen MR) is 71.4 cm³/mol. The molecule has 1 N–H and O–H groups in total. The van der Waals surface area contributed by atoms with E-state index in [1.165, 1.54) is 0 Å². The monoisotopic (exact) mass is 256 g/mol. The number of amides is 1. The van der Waals surface area contributed by atoms with Crippen LogP contribution in [0.15, 0.2) is 41.8 Å². The molecule has 3 nitrogen and oxygen atoms in total. The molecule has 2 rings (SSSR count). The lowest BCUT2D eigenvalue weighted by molar-refractivity contribution is 0.0940. The van der Waals surface area contributed by atoms with E-state index in [4.69, 9.17) is 5.26 Å². The fraction of sp³-hybridized carbons (Fsp3) is 0.143. The van der Waals surface area contributed by atoms with E-state index >= 15 is 0 Å². The molecule has 0 saturated carbocycles. The maximum atomic E-state index is 12.0. The third-order valence-electron chi connectivity index (χ3n) is 2.59. The van der Waals surface area contributed by atoms with Crippen LogP contribution in [0.2, 0.25) is 0 Å². The van der Waals surface area contributed by atoms with Crippen molar-refractivity contribution in [2.75, 3.05) is 0 Å². The van der Waals surface area contributed by atoms with Crippen LogP contribution < -0.4 is 5.32 Å². The number of carbonyl (C=O) groups excluding carboxylic acids is 1. The second kappa shape index (κ2) is 5.48. The number of rotatable bonds is 3. The summed E-state index contributed by atoms with van der Waals surface area (Å²) in [5, 5.41) is 13.6. The van der Waals surface area contributed by atoms with Crippen molar-refractivity contribution in [3.63, 3.8) is 0 Å². The zero-order valence-corrected chi connectivity index (χ0v) is 10.7. The summed E-state index contributed by atoms with van der Waals surface area (Å²) in [6, 6.07) is 12.6. The van der Waals surface area contributed by atoms with Gasteiger partial charge in [-0.25, -0.2) is 0 Å². The molecule has 0 aliphatic heterocycles. The average molecular weight is 256 g/mol. The van der Waals surface area contributed by atoms with Crippen LogP contribution >= 0.6 is 11.3 Å². The number of thiophene rings is 1. The lowest BCUT2D eigenvalue weighted by Gasteiger charge is -2.12. The Balaban J connectivity index is 2.05. The zero-order chi connectivity index (χ0) is 13.0. The molecule has 0 aliphatic rings. The van der Waals surface area contributed by atoms with Crippen LogP contribution in [-0.4, -0.2) is 5.91 Å². The molecule has 4 heteroatoms. The van der Waals surface area contributed by atoms with Gasteiger partial charge in [-0.05, 0) is 42.6 Å². The molecule has 2 aromatic rings. The summed E-state index contributed by atoms with van der Waals surface area (Å²) >= 11 is 1.62. The highest BCUT2D eigenvalue weighted by Crippen LogP contribution is 2.18. The molecule has 1 atom stereocenters. The first kappa shape index (κ1) is 12.3. The molecular formula is C14H12N2OS. The van der Waals surface area contributed by atoms with Crippen LogP contribution in [0.5, 0.6) is 0 Å². The molecule has 90 valence electrons. The van der Waals surface area contributed by atoms with E-state index in [1.807, 2.05) is 30.5 Å². The van der Waals surface area contributed by atoms with Gasteiger partial charge in [0.2, 0.25) is 0 Å². The summed E-state index contributed by atoms with van der Waals surface area (Å²) in [6.07, 6.45) is 0. The van der Waals surface area contributed by atoms with E-state index in [9.17, 15) is 4.79 Å².